The fourth-order valence-electron chi connectivity index (χ4n) is 5.11. The molecule has 3 heterocycles. The lowest BCUT2D eigenvalue weighted by atomic mass is 10.0. The van der Waals surface area contributed by atoms with Crippen LogP contribution in [0.25, 0.3) is 22.8 Å². The van der Waals surface area contributed by atoms with Crippen molar-refractivity contribution in [1.82, 2.24) is 29.9 Å². The first-order valence-corrected chi connectivity index (χ1v) is 12.7. The van der Waals surface area contributed by atoms with Gasteiger partial charge in [-0.2, -0.15) is 9.67 Å². The molecule has 1 aliphatic heterocycles. The molecule has 37 heavy (non-hydrogen) atoms. The van der Waals surface area contributed by atoms with Gasteiger partial charge in [0.15, 0.2) is 5.82 Å². The number of allylic oxidation sites excluding steroid dienone is 1. The van der Waals surface area contributed by atoms with Gasteiger partial charge in [-0.3, -0.25) is 0 Å². The molecule has 2 aromatic heterocycles. The lowest BCUT2D eigenvalue weighted by molar-refractivity contribution is 0.0639. The molecule has 2 aromatic carbocycles. The van der Waals surface area contributed by atoms with E-state index in [0.717, 1.165) is 73.6 Å². The van der Waals surface area contributed by atoms with Crippen LogP contribution in [0.2, 0.25) is 0 Å². The number of hydrogen-bond donors (Lipinski definition) is 2. The molecule has 2 aliphatic rings. The van der Waals surface area contributed by atoms with Gasteiger partial charge in [0.05, 0.1) is 18.9 Å². The first-order valence-electron chi connectivity index (χ1n) is 12.7. The van der Waals surface area contributed by atoms with Crippen molar-refractivity contribution < 1.29 is 4.74 Å². The summed E-state index contributed by atoms with van der Waals surface area (Å²) < 4.78 is 7.03. The standard InChI is InChI=1S/C28H30N8O/c1-2-24(35-14-16-37-17-15-35)20-10-12-22(13-11-20)30-28-31-27(29)36(34-28)25-18-21-8-5-7-19-6-3-4-9-23(19)26(21)33-32-25/h2-4,6,9-13,18H,5,7-8,14-17H2,1H3,(H3,29,30,31,34)/b24-2+. The Hall–Kier alpha value is -4.24. The number of aryl methyl sites for hydroxylation is 2. The van der Waals surface area contributed by atoms with E-state index in [1.807, 2.05) is 24.3 Å². The second-order valence-corrected chi connectivity index (χ2v) is 9.27. The van der Waals surface area contributed by atoms with Gasteiger partial charge in [0, 0.05) is 30.0 Å². The Labute approximate surface area is 216 Å². The van der Waals surface area contributed by atoms with Gasteiger partial charge in [0.1, 0.15) is 0 Å². The summed E-state index contributed by atoms with van der Waals surface area (Å²) in [5.74, 6) is 1.23. The van der Waals surface area contributed by atoms with Gasteiger partial charge < -0.3 is 20.7 Å². The van der Waals surface area contributed by atoms with E-state index in [1.165, 1.54) is 15.9 Å². The smallest absolute Gasteiger partial charge is 0.248 e. The predicted octanol–water partition coefficient (Wildman–Crippen LogP) is 4.23. The monoisotopic (exact) mass is 494 g/mol. The first-order chi connectivity index (χ1) is 18.2. The molecular formula is C28H30N8O. The van der Waals surface area contributed by atoms with Gasteiger partial charge in [-0.25, -0.2) is 0 Å². The van der Waals surface area contributed by atoms with Crippen LogP contribution in [0.1, 0.15) is 30.0 Å². The molecule has 3 N–H and O–H groups in total. The zero-order chi connectivity index (χ0) is 25.2. The average Bonchev–Trinajstić information content (AvgIpc) is 3.19. The van der Waals surface area contributed by atoms with Crippen LogP contribution in [-0.2, 0) is 17.6 Å². The second-order valence-electron chi connectivity index (χ2n) is 9.27. The minimum Gasteiger partial charge on any atom is -0.378 e. The highest BCUT2D eigenvalue weighted by Crippen LogP contribution is 2.31. The van der Waals surface area contributed by atoms with E-state index in [1.54, 1.807) is 0 Å². The predicted molar refractivity (Wildman–Crippen MR) is 145 cm³/mol. The van der Waals surface area contributed by atoms with E-state index in [-0.39, 0.29) is 5.95 Å². The summed E-state index contributed by atoms with van der Waals surface area (Å²) in [7, 11) is 0. The summed E-state index contributed by atoms with van der Waals surface area (Å²) in [6.45, 7) is 5.39. The molecule has 0 radical (unpaired) electrons. The van der Waals surface area contributed by atoms with Crippen LogP contribution in [0.5, 0.6) is 0 Å². The second kappa shape index (κ2) is 10.0. The van der Waals surface area contributed by atoms with Crippen molar-refractivity contribution in [2.24, 2.45) is 0 Å². The Morgan fingerprint density at radius 1 is 1.00 bits per heavy atom. The molecule has 0 atom stereocenters. The highest BCUT2D eigenvalue weighted by Gasteiger charge is 2.19. The summed E-state index contributed by atoms with van der Waals surface area (Å²) in [4.78, 5) is 6.77. The van der Waals surface area contributed by atoms with Crippen molar-refractivity contribution in [3.05, 3.63) is 77.4 Å². The molecule has 4 aromatic rings. The highest BCUT2D eigenvalue weighted by atomic mass is 16.5. The summed E-state index contributed by atoms with van der Waals surface area (Å²) in [6, 6.07) is 18.7. The summed E-state index contributed by atoms with van der Waals surface area (Å²) >= 11 is 0. The number of rotatable bonds is 5. The lowest BCUT2D eigenvalue weighted by Crippen LogP contribution is -2.34. The van der Waals surface area contributed by atoms with E-state index >= 15 is 0 Å². The molecule has 1 fully saturated rings. The van der Waals surface area contributed by atoms with Gasteiger partial charge >= 0.3 is 0 Å². The zero-order valence-electron chi connectivity index (χ0n) is 20.9. The Balaban J connectivity index is 1.21. The molecule has 6 rings (SSSR count). The van der Waals surface area contributed by atoms with Gasteiger partial charge in [-0.15, -0.1) is 15.3 Å². The molecule has 9 nitrogen and oxygen atoms in total. The molecule has 0 unspecified atom stereocenters. The molecule has 0 saturated carbocycles. The number of aromatic nitrogens is 5. The third-order valence-corrected chi connectivity index (χ3v) is 6.94. The summed E-state index contributed by atoms with van der Waals surface area (Å²) in [5, 5.41) is 16.9. The lowest BCUT2D eigenvalue weighted by Gasteiger charge is -2.31. The number of nitrogens with one attached hydrogen (secondary N) is 1. The van der Waals surface area contributed by atoms with Crippen LogP contribution in [0, 0.1) is 0 Å². The van der Waals surface area contributed by atoms with Crippen LogP contribution in [0.3, 0.4) is 0 Å². The number of morpholine rings is 1. The van der Waals surface area contributed by atoms with Crippen LogP contribution in [-0.4, -0.2) is 56.2 Å². The average molecular weight is 495 g/mol. The van der Waals surface area contributed by atoms with Crippen LogP contribution in [0.4, 0.5) is 17.6 Å². The van der Waals surface area contributed by atoms with Crippen LogP contribution < -0.4 is 11.1 Å². The molecule has 0 bridgehead atoms. The van der Waals surface area contributed by atoms with Crippen LogP contribution >= 0.6 is 0 Å². The van der Waals surface area contributed by atoms with Crippen molar-refractivity contribution in [3.8, 4) is 17.1 Å². The largest absolute Gasteiger partial charge is 0.378 e. The van der Waals surface area contributed by atoms with E-state index in [0.29, 0.717) is 11.8 Å². The topological polar surface area (TPSA) is 107 Å². The molecule has 9 heteroatoms. The Morgan fingerprint density at radius 3 is 2.59 bits per heavy atom. The Morgan fingerprint density at radius 2 is 1.78 bits per heavy atom. The summed E-state index contributed by atoms with van der Waals surface area (Å²) in [6.07, 6.45) is 5.17. The number of ether oxygens (including phenoxy) is 1. The number of hydrogen-bond acceptors (Lipinski definition) is 8. The quantitative estimate of drug-likeness (QED) is 0.424. The van der Waals surface area contributed by atoms with Gasteiger partial charge in [-0.05, 0) is 61.1 Å². The van der Waals surface area contributed by atoms with E-state index < -0.39 is 0 Å². The molecule has 0 spiro atoms. The minimum atomic E-state index is 0.255. The van der Waals surface area contributed by atoms with Crippen molar-refractivity contribution >= 4 is 23.3 Å². The normalized spacial score (nSPS) is 15.6. The maximum absolute atomic E-state index is 6.23. The molecule has 0 amide bonds. The number of fused-ring (bicyclic) bond motifs is 3. The fraction of sp³-hybridized carbons (Fsp3) is 0.286. The highest BCUT2D eigenvalue weighted by molar-refractivity contribution is 5.69. The van der Waals surface area contributed by atoms with Crippen molar-refractivity contribution in [3.63, 3.8) is 0 Å². The summed E-state index contributed by atoms with van der Waals surface area (Å²) in [5.41, 5.74) is 14.0. The Kier molecular flexibility index (Phi) is 6.28. The number of anilines is 3. The molecule has 1 aliphatic carbocycles. The third-order valence-electron chi connectivity index (χ3n) is 6.94. The first kappa shape index (κ1) is 23.2. The number of nitrogens with zero attached hydrogens (tertiary/aromatic N) is 6. The minimum absolute atomic E-state index is 0.255. The molecule has 1 saturated heterocycles. The number of nitrogens with two attached hydrogens (primary N) is 1. The SMILES string of the molecule is C/C=C(\c1ccc(Nc2nc(N)n(-c3cc4c(nn3)-c3ccccc3CCC4)n2)cc1)N1CCOCC1. The van der Waals surface area contributed by atoms with E-state index in [4.69, 9.17) is 10.5 Å². The van der Waals surface area contributed by atoms with Gasteiger partial charge in [-0.1, -0.05) is 42.5 Å². The zero-order valence-corrected chi connectivity index (χ0v) is 20.9. The Bertz CT molecular complexity index is 1440. The maximum Gasteiger partial charge on any atom is 0.248 e. The van der Waals surface area contributed by atoms with E-state index in [9.17, 15) is 0 Å². The molecular weight excluding hydrogens is 464 g/mol. The molecule has 188 valence electrons. The van der Waals surface area contributed by atoms with Crippen molar-refractivity contribution in [2.45, 2.75) is 26.2 Å². The van der Waals surface area contributed by atoms with Gasteiger partial charge in [0.25, 0.3) is 0 Å². The van der Waals surface area contributed by atoms with Crippen molar-refractivity contribution in [2.75, 3.05) is 37.4 Å². The van der Waals surface area contributed by atoms with Crippen molar-refractivity contribution in [1.29, 1.82) is 0 Å². The maximum atomic E-state index is 6.23. The fourth-order valence-corrected chi connectivity index (χ4v) is 5.11. The van der Waals surface area contributed by atoms with Gasteiger partial charge in [0.2, 0.25) is 11.9 Å². The number of nitrogen functional groups attached to an aromatic ring is 1. The number of benzene rings is 2. The van der Waals surface area contributed by atoms with E-state index in [2.05, 4.69) is 73.8 Å². The van der Waals surface area contributed by atoms with Crippen LogP contribution in [0.15, 0.2) is 60.7 Å². The third kappa shape index (κ3) is 4.65.